The van der Waals surface area contributed by atoms with E-state index in [0.29, 0.717) is 18.1 Å². The van der Waals surface area contributed by atoms with Gasteiger partial charge in [0.05, 0.1) is 20.3 Å². The van der Waals surface area contributed by atoms with Gasteiger partial charge in [0.15, 0.2) is 11.5 Å². The van der Waals surface area contributed by atoms with Crippen molar-refractivity contribution in [2.45, 2.75) is 13.5 Å². The first kappa shape index (κ1) is 23.4. The van der Waals surface area contributed by atoms with Gasteiger partial charge in [-0.15, -0.1) is 0 Å². The van der Waals surface area contributed by atoms with Crippen molar-refractivity contribution in [1.82, 2.24) is 0 Å². The molecule has 1 amide bonds. The lowest BCUT2D eigenvalue weighted by Gasteiger charge is -2.28. The number of morpholine rings is 1. The zero-order chi connectivity index (χ0) is 23.8. The zero-order valence-corrected chi connectivity index (χ0v) is 19.6. The number of nitrogens with one attached hydrogen (secondary N) is 1. The second kappa shape index (κ2) is 11.4. The van der Waals surface area contributed by atoms with Gasteiger partial charge in [-0.2, -0.15) is 0 Å². The maximum atomic E-state index is 12.4. The molecule has 6 nitrogen and oxygen atoms in total. The van der Waals surface area contributed by atoms with Gasteiger partial charge in [0.2, 0.25) is 5.91 Å². The topological polar surface area (TPSA) is 60.0 Å². The third kappa shape index (κ3) is 6.17. The van der Waals surface area contributed by atoms with E-state index in [4.69, 9.17) is 14.2 Å². The minimum atomic E-state index is -0.196. The smallest absolute Gasteiger partial charge is 0.248 e. The van der Waals surface area contributed by atoms with Crippen molar-refractivity contribution in [2.24, 2.45) is 0 Å². The van der Waals surface area contributed by atoms with Crippen LogP contribution in [0.5, 0.6) is 11.5 Å². The van der Waals surface area contributed by atoms with Gasteiger partial charge in [-0.05, 0) is 66.1 Å². The number of nitrogens with zero attached hydrogens (tertiary/aromatic N) is 1. The van der Waals surface area contributed by atoms with Crippen LogP contribution in [0.3, 0.4) is 0 Å². The quantitative estimate of drug-likeness (QED) is 0.478. The average molecular weight is 459 g/mol. The molecule has 0 atom stereocenters. The largest absolute Gasteiger partial charge is 0.493 e. The van der Waals surface area contributed by atoms with Crippen LogP contribution in [0.15, 0.2) is 72.8 Å². The minimum absolute atomic E-state index is 0.196. The van der Waals surface area contributed by atoms with Crippen molar-refractivity contribution in [3.8, 4) is 11.5 Å². The third-order valence-corrected chi connectivity index (χ3v) is 5.77. The molecule has 4 rings (SSSR count). The van der Waals surface area contributed by atoms with Crippen molar-refractivity contribution >= 4 is 23.4 Å². The Labute approximate surface area is 200 Å². The number of carbonyl (C=O) groups excluding carboxylic acids is 1. The Bertz CT molecular complexity index is 1140. The first-order chi connectivity index (χ1) is 16.6. The molecule has 3 aromatic carbocycles. The molecule has 0 radical (unpaired) electrons. The Kier molecular flexibility index (Phi) is 7.83. The zero-order valence-electron chi connectivity index (χ0n) is 19.6. The molecule has 1 heterocycles. The maximum Gasteiger partial charge on any atom is 0.248 e. The Morgan fingerprint density at radius 2 is 1.79 bits per heavy atom. The van der Waals surface area contributed by atoms with Gasteiger partial charge < -0.3 is 24.4 Å². The maximum absolute atomic E-state index is 12.4. The van der Waals surface area contributed by atoms with Crippen LogP contribution in [0.2, 0.25) is 0 Å². The number of anilines is 2. The molecule has 1 N–H and O–H groups in total. The van der Waals surface area contributed by atoms with Crippen molar-refractivity contribution < 1.29 is 19.0 Å². The number of hydrogen-bond acceptors (Lipinski definition) is 5. The summed E-state index contributed by atoms with van der Waals surface area (Å²) in [6, 6.07) is 21.6. The van der Waals surface area contributed by atoms with Gasteiger partial charge in [0, 0.05) is 30.5 Å². The first-order valence-corrected chi connectivity index (χ1v) is 11.4. The van der Waals surface area contributed by atoms with Crippen molar-refractivity contribution in [3.05, 3.63) is 89.5 Å². The highest BCUT2D eigenvalue weighted by Crippen LogP contribution is 2.29. The molecule has 6 heteroatoms. The number of methoxy groups -OCH3 is 1. The second-order valence-corrected chi connectivity index (χ2v) is 8.09. The number of rotatable bonds is 8. The molecule has 0 spiro atoms. The summed E-state index contributed by atoms with van der Waals surface area (Å²) in [6.07, 6.45) is 3.27. The van der Waals surface area contributed by atoms with Gasteiger partial charge in [-0.1, -0.05) is 30.3 Å². The molecule has 0 bridgehead atoms. The Hall–Kier alpha value is -3.77. The standard InChI is InChI=1S/C28H30N2O4/c1-21-5-3-4-6-23(21)20-34-26-13-7-22(19-27(26)32-2)8-14-28(31)29-24-9-11-25(12-10-24)30-15-17-33-18-16-30/h3-14,19H,15-18,20H2,1-2H3,(H,29,31)/b14-8+. The van der Waals surface area contributed by atoms with E-state index in [0.717, 1.165) is 48.8 Å². The lowest BCUT2D eigenvalue weighted by atomic mass is 10.1. The van der Waals surface area contributed by atoms with Crippen LogP contribution in [0.25, 0.3) is 6.08 Å². The van der Waals surface area contributed by atoms with Crippen LogP contribution in [0.1, 0.15) is 16.7 Å². The number of aryl methyl sites for hydroxylation is 1. The van der Waals surface area contributed by atoms with E-state index in [2.05, 4.69) is 23.2 Å². The van der Waals surface area contributed by atoms with Gasteiger partial charge in [-0.3, -0.25) is 4.79 Å². The molecule has 1 aliphatic rings. The summed E-state index contributed by atoms with van der Waals surface area (Å²) in [6.45, 7) is 5.78. The predicted octanol–water partition coefficient (Wildman–Crippen LogP) is 5.07. The van der Waals surface area contributed by atoms with Gasteiger partial charge in [0.25, 0.3) is 0 Å². The summed E-state index contributed by atoms with van der Waals surface area (Å²) in [5.41, 5.74) is 5.04. The van der Waals surface area contributed by atoms with Crippen molar-refractivity contribution in [1.29, 1.82) is 0 Å². The Balaban J connectivity index is 1.34. The number of benzene rings is 3. The van der Waals surface area contributed by atoms with Crippen molar-refractivity contribution in [2.75, 3.05) is 43.6 Å². The van der Waals surface area contributed by atoms with Crippen molar-refractivity contribution in [3.63, 3.8) is 0 Å². The van der Waals surface area contributed by atoms with Crippen LogP contribution in [0, 0.1) is 6.92 Å². The van der Waals surface area contributed by atoms with Crippen LogP contribution < -0.4 is 19.7 Å². The van der Waals surface area contributed by atoms with E-state index in [1.54, 1.807) is 13.2 Å². The molecule has 1 fully saturated rings. The monoisotopic (exact) mass is 458 g/mol. The Morgan fingerprint density at radius 1 is 1.03 bits per heavy atom. The SMILES string of the molecule is COc1cc(/C=C/C(=O)Nc2ccc(N3CCOCC3)cc2)ccc1OCc1ccccc1C. The number of hydrogen-bond donors (Lipinski definition) is 1. The molecule has 3 aromatic rings. The fourth-order valence-electron chi connectivity index (χ4n) is 3.77. The number of carbonyl (C=O) groups is 1. The normalized spacial score (nSPS) is 13.6. The van der Waals surface area contributed by atoms with E-state index in [1.165, 1.54) is 11.6 Å². The van der Waals surface area contributed by atoms with Crippen LogP contribution in [0.4, 0.5) is 11.4 Å². The molecule has 0 aromatic heterocycles. The average Bonchev–Trinajstić information content (AvgIpc) is 2.88. The number of amides is 1. The summed E-state index contributed by atoms with van der Waals surface area (Å²) in [5, 5.41) is 2.90. The molecule has 0 saturated carbocycles. The van der Waals surface area contributed by atoms with Gasteiger partial charge in [0.1, 0.15) is 6.61 Å². The van der Waals surface area contributed by atoms with Gasteiger partial charge >= 0.3 is 0 Å². The first-order valence-electron chi connectivity index (χ1n) is 11.4. The molecule has 34 heavy (non-hydrogen) atoms. The summed E-state index contributed by atoms with van der Waals surface area (Å²) in [4.78, 5) is 14.7. The summed E-state index contributed by atoms with van der Waals surface area (Å²) in [5.74, 6) is 1.08. The molecule has 1 aliphatic heterocycles. The highest BCUT2D eigenvalue weighted by Gasteiger charge is 2.11. The molecule has 0 aliphatic carbocycles. The minimum Gasteiger partial charge on any atom is -0.493 e. The van der Waals surface area contributed by atoms with E-state index in [9.17, 15) is 4.79 Å². The van der Waals surface area contributed by atoms with Gasteiger partial charge in [-0.25, -0.2) is 0 Å². The van der Waals surface area contributed by atoms with E-state index in [-0.39, 0.29) is 5.91 Å². The fourth-order valence-corrected chi connectivity index (χ4v) is 3.77. The third-order valence-electron chi connectivity index (χ3n) is 5.77. The van der Waals surface area contributed by atoms with Crippen LogP contribution in [-0.2, 0) is 16.1 Å². The van der Waals surface area contributed by atoms with E-state index < -0.39 is 0 Å². The highest BCUT2D eigenvalue weighted by molar-refractivity contribution is 6.02. The fraction of sp³-hybridized carbons (Fsp3) is 0.250. The summed E-state index contributed by atoms with van der Waals surface area (Å²) in [7, 11) is 1.61. The molecule has 0 unspecified atom stereocenters. The van der Waals surface area contributed by atoms with Crippen LogP contribution >= 0.6 is 0 Å². The second-order valence-electron chi connectivity index (χ2n) is 8.09. The highest BCUT2D eigenvalue weighted by atomic mass is 16.5. The predicted molar refractivity (Wildman–Crippen MR) is 136 cm³/mol. The summed E-state index contributed by atoms with van der Waals surface area (Å²) >= 11 is 0. The molecular weight excluding hydrogens is 428 g/mol. The van der Waals surface area contributed by atoms with E-state index in [1.807, 2.05) is 60.7 Å². The molecular formula is C28H30N2O4. The lowest BCUT2D eigenvalue weighted by Crippen LogP contribution is -2.36. The number of ether oxygens (including phenoxy) is 3. The Morgan fingerprint density at radius 3 is 2.53 bits per heavy atom. The lowest BCUT2D eigenvalue weighted by molar-refractivity contribution is -0.111. The molecule has 176 valence electrons. The molecule has 1 saturated heterocycles. The van der Waals surface area contributed by atoms with Crippen LogP contribution in [-0.4, -0.2) is 39.3 Å². The summed E-state index contributed by atoms with van der Waals surface area (Å²) < 4.78 is 16.9. The van der Waals surface area contributed by atoms with E-state index >= 15 is 0 Å².